The molecule has 0 saturated carbocycles. The van der Waals surface area contributed by atoms with Gasteiger partial charge in [-0.15, -0.1) is 0 Å². The Morgan fingerprint density at radius 3 is 2.50 bits per heavy atom. The molecule has 3 nitrogen and oxygen atoms in total. The number of hydrogen-bond donors (Lipinski definition) is 1. The minimum absolute atomic E-state index is 0.0241. The smallest absolute Gasteiger partial charge is 0.154 e. The highest BCUT2D eigenvalue weighted by molar-refractivity contribution is 7.90. The van der Waals surface area contributed by atoms with Gasteiger partial charge in [0.05, 0.1) is 11.5 Å². The van der Waals surface area contributed by atoms with Crippen LogP contribution in [0.5, 0.6) is 0 Å². The molecule has 16 heavy (non-hydrogen) atoms. The molecular weight excluding hydrogens is 236 g/mol. The van der Waals surface area contributed by atoms with Crippen molar-refractivity contribution in [1.29, 1.82) is 0 Å². The summed E-state index contributed by atoms with van der Waals surface area (Å²) in [5.41, 5.74) is 4.41. The summed E-state index contributed by atoms with van der Waals surface area (Å²) >= 11 is 0. The Kier molecular flexibility index (Phi) is 3.85. The molecule has 0 bridgehead atoms. The molecular formula is C10H13F2NO2S. The molecule has 0 saturated heterocycles. The molecule has 1 aromatic carbocycles. The van der Waals surface area contributed by atoms with Crippen molar-refractivity contribution in [3.63, 3.8) is 0 Å². The van der Waals surface area contributed by atoms with Gasteiger partial charge in [0.2, 0.25) is 0 Å². The SMILES string of the molecule is CCCS(=O)(=O)Cc1ccc(F)c(N)c1F. The van der Waals surface area contributed by atoms with Crippen LogP contribution in [0.4, 0.5) is 14.5 Å². The second-order valence-electron chi connectivity index (χ2n) is 3.53. The van der Waals surface area contributed by atoms with Gasteiger partial charge in [0.15, 0.2) is 15.7 Å². The molecule has 0 amide bonds. The van der Waals surface area contributed by atoms with E-state index in [1.807, 2.05) is 0 Å². The minimum Gasteiger partial charge on any atom is -0.394 e. The van der Waals surface area contributed by atoms with Crippen molar-refractivity contribution >= 4 is 15.5 Å². The zero-order valence-electron chi connectivity index (χ0n) is 8.83. The van der Waals surface area contributed by atoms with E-state index in [1.165, 1.54) is 0 Å². The largest absolute Gasteiger partial charge is 0.394 e. The minimum atomic E-state index is -3.35. The summed E-state index contributed by atoms with van der Waals surface area (Å²) in [4.78, 5) is 0. The van der Waals surface area contributed by atoms with Gasteiger partial charge in [-0.25, -0.2) is 17.2 Å². The first-order valence-corrected chi connectivity index (χ1v) is 6.62. The maximum Gasteiger partial charge on any atom is 0.154 e. The summed E-state index contributed by atoms with van der Waals surface area (Å²) in [6.07, 6.45) is 0.459. The Hall–Kier alpha value is -1.17. The lowest BCUT2D eigenvalue weighted by Crippen LogP contribution is -2.11. The van der Waals surface area contributed by atoms with Gasteiger partial charge in [0.25, 0.3) is 0 Å². The van der Waals surface area contributed by atoms with Crippen molar-refractivity contribution in [2.24, 2.45) is 0 Å². The second kappa shape index (κ2) is 4.78. The summed E-state index contributed by atoms with van der Waals surface area (Å²) in [6, 6.07) is 2.07. The van der Waals surface area contributed by atoms with Crippen LogP contribution in [0.2, 0.25) is 0 Å². The molecule has 0 unspecified atom stereocenters. The fourth-order valence-corrected chi connectivity index (χ4v) is 2.81. The van der Waals surface area contributed by atoms with Gasteiger partial charge in [-0.1, -0.05) is 13.0 Å². The summed E-state index contributed by atoms with van der Waals surface area (Å²) in [6.45, 7) is 1.72. The van der Waals surface area contributed by atoms with E-state index in [-0.39, 0.29) is 11.3 Å². The maximum absolute atomic E-state index is 13.4. The number of anilines is 1. The average molecular weight is 249 g/mol. The number of benzene rings is 1. The molecule has 0 aliphatic rings. The van der Waals surface area contributed by atoms with E-state index in [2.05, 4.69) is 0 Å². The van der Waals surface area contributed by atoms with Crippen molar-refractivity contribution in [3.05, 3.63) is 29.3 Å². The standard InChI is InChI=1S/C10H13F2NO2S/c1-2-5-16(14,15)6-7-3-4-8(11)10(13)9(7)12/h3-4H,2,5-6,13H2,1H3. The summed E-state index contributed by atoms with van der Waals surface area (Å²) in [5.74, 6) is -2.34. The first-order chi connectivity index (χ1) is 7.37. The molecule has 6 heteroatoms. The van der Waals surface area contributed by atoms with Crippen LogP contribution in [0.1, 0.15) is 18.9 Å². The molecule has 2 N–H and O–H groups in total. The third-order valence-corrected chi connectivity index (χ3v) is 3.88. The lowest BCUT2D eigenvalue weighted by Gasteiger charge is -2.06. The van der Waals surface area contributed by atoms with Crippen LogP contribution in [0.15, 0.2) is 12.1 Å². The highest BCUT2D eigenvalue weighted by atomic mass is 32.2. The van der Waals surface area contributed by atoms with Crippen molar-refractivity contribution in [3.8, 4) is 0 Å². The summed E-state index contributed by atoms with van der Waals surface area (Å²) in [5, 5.41) is 0. The van der Waals surface area contributed by atoms with E-state index in [0.717, 1.165) is 12.1 Å². The van der Waals surface area contributed by atoms with Gasteiger partial charge in [-0.05, 0) is 12.5 Å². The Labute approximate surface area is 93.2 Å². The first-order valence-electron chi connectivity index (χ1n) is 4.80. The van der Waals surface area contributed by atoms with Crippen molar-refractivity contribution in [1.82, 2.24) is 0 Å². The number of nitrogens with two attached hydrogens (primary N) is 1. The van der Waals surface area contributed by atoms with E-state index >= 15 is 0 Å². The normalized spacial score (nSPS) is 11.7. The Morgan fingerprint density at radius 1 is 1.31 bits per heavy atom. The Morgan fingerprint density at radius 2 is 1.94 bits per heavy atom. The fraction of sp³-hybridized carbons (Fsp3) is 0.400. The molecule has 1 aromatic rings. The lowest BCUT2D eigenvalue weighted by molar-refractivity contribution is 0.575. The van der Waals surface area contributed by atoms with E-state index < -0.39 is 32.9 Å². The number of sulfone groups is 1. The molecule has 0 fully saturated rings. The maximum atomic E-state index is 13.4. The van der Waals surface area contributed by atoms with Crippen LogP contribution in [0, 0.1) is 11.6 Å². The molecule has 0 aliphatic carbocycles. The second-order valence-corrected chi connectivity index (χ2v) is 5.71. The topological polar surface area (TPSA) is 60.2 Å². The van der Waals surface area contributed by atoms with Crippen LogP contribution in [0.25, 0.3) is 0 Å². The zero-order chi connectivity index (χ0) is 12.3. The molecule has 0 atom stereocenters. The van der Waals surface area contributed by atoms with Gasteiger partial charge in [0, 0.05) is 5.56 Å². The van der Waals surface area contributed by atoms with Crippen LogP contribution >= 0.6 is 0 Å². The van der Waals surface area contributed by atoms with Gasteiger partial charge in [-0.2, -0.15) is 0 Å². The zero-order valence-corrected chi connectivity index (χ0v) is 9.65. The molecule has 0 radical (unpaired) electrons. The van der Waals surface area contributed by atoms with Gasteiger partial charge < -0.3 is 5.73 Å². The monoisotopic (exact) mass is 249 g/mol. The van der Waals surface area contributed by atoms with Crippen molar-refractivity contribution in [2.75, 3.05) is 11.5 Å². The van der Waals surface area contributed by atoms with Crippen molar-refractivity contribution in [2.45, 2.75) is 19.1 Å². The molecule has 0 heterocycles. The third-order valence-electron chi connectivity index (χ3n) is 2.10. The average Bonchev–Trinajstić information content (AvgIpc) is 2.19. The van der Waals surface area contributed by atoms with E-state index in [0.29, 0.717) is 6.42 Å². The van der Waals surface area contributed by atoms with Gasteiger partial charge in [0.1, 0.15) is 11.5 Å². The fourth-order valence-electron chi connectivity index (χ4n) is 1.35. The van der Waals surface area contributed by atoms with Gasteiger partial charge >= 0.3 is 0 Å². The number of rotatable bonds is 4. The Balaban J connectivity index is 3.04. The molecule has 0 aromatic heterocycles. The van der Waals surface area contributed by atoms with Crippen LogP contribution in [-0.2, 0) is 15.6 Å². The number of hydrogen-bond acceptors (Lipinski definition) is 3. The quantitative estimate of drug-likeness (QED) is 0.829. The van der Waals surface area contributed by atoms with Crippen LogP contribution in [-0.4, -0.2) is 14.2 Å². The molecule has 90 valence electrons. The predicted octanol–water partition coefficient (Wildman–Crippen LogP) is 1.87. The van der Waals surface area contributed by atoms with E-state index in [1.54, 1.807) is 6.92 Å². The number of halogens is 2. The highest BCUT2D eigenvalue weighted by Gasteiger charge is 2.17. The summed E-state index contributed by atoms with van der Waals surface area (Å²) in [7, 11) is -3.35. The molecule has 0 spiro atoms. The third kappa shape index (κ3) is 2.91. The Bertz CT molecular complexity index is 486. The summed E-state index contributed by atoms with van der Waals surface area (Å²) < 4.78 is 49.1. The lowest BCUT2D eigenvalue weighted by atomic mass is 10.2. The van der Waals surface area contributed by atoms with Gasteiger partial charge in [-0.3, -0.25) is 0 Å². The van der Waals surface area contributed by atoms with Crippen LogP contribution in [0.3, 0.4) is 0 Å². The molecule has 0 aliphatic heterocycles. The van der Waals surface area contributed by atoms with E-state index in [4.69, 9.17) is 5.73 Å². The highest BCUT2D eigenvalue weighted by Crippen LogP contribution is 2.20. The number of nitrogen functional groups attached to an aromatic ring is 1. The predicted molar refractivity (Wildman–Crippen MR) is 58.6 cm³/mol. The van der Waals surface area contributed by atoms with E-state index in [9.17, 15) is 17.2 Å². The van der Waals surface area contributed by atoms with Crippen molar-refractivity contribution < 1.29 is 17.2 Å². The first kappa shape index (κ1) is 12.9. The molecule has 1 rings (SSSR count). The van der Waals surface area contributed by atoms with Crippen LogP contribution < -0.4 is 5.73 Å².